The SMILES string of the molecule is CCCC(=Nc1ccc(CN2CCCCC2)cc1)c1c(O)[nH]c2cc(C(N)=O)ccc12. The molecule has 4 N–H and O–H groups in total. The van der Waals surface area contributed by atoms with Crippen LogP contribution >= 0.6 is 0 Å². The van der Waals surface area contributed by atoms with Crippen LogP contribution in [0.4, 0.5) is 5.69 Å². The molecule has 0 saturated carbocycles. The van der Waals surface area contributed by atoms with E-state index in [1.165, 1.54) is 37.9 Å². The average molecular weight is 419 g/mol. The molecule has 0 spiro atoms. The van der Waals surface area contributed by atoms with Crippen LogP contribution in [0.1, 0.15) is 60.5 Å². The Hall–Kier alpha value is -3.12. The average Bonchev–Trinajstić information content (AvgIpc) is 3.10. The number of H-pyrrole nitrogens is 1. The fourth-order valence-corrected chi connectivity index (χ4v) is 4.31. The molecule has 0 aliphatic carbocycles. The van der Waals surface area contributed by atoms with Gasteiger partial charge in [-0.05, 0) is 62.2 Å². The number of nitrogens with zero attached hydrogens (tertiary/aromatic N) is 2. The van der Waals surface area contributed by atoms with Gasteiger partial charge in [-0.2, -0.15) is 0 Å². The summed E-state index contributed by atoms with van der Waals surface area (Å²) in [5, 5.41) is 11.4. The first-order chi connectivity index (χ1) is 15.0. The van der Waals surface area contributed by atoms with E-state index < -0.39 is 5.91 Å². The van der Waals surface area contributed by atoms with E-state index in [0.717, 1.165) is 36.2 Å². The van der Waals surface area contributed by atoms with E-state index in [9.17, 15) is 9.90 Å². The fourth-order valence-electron chi connectivity index (χ4n) is 4.31. The minimum Gasteiger partial charge on any atom is -0.494 e. The Kier molecular flexibility index (Phi) is 6.37. The van der Waals surface area contributed by atoms with Crippen molar-refractivity contribution in [3.63, 3.8) is 0 Å². The van der Waals surface area contributed by atoms with E-state index >= 15 is 0 Å². The second-order valence-electron chi connectivity index (χ2n) is 8.28. The van der Waals surface area contributed by atoms with Crippen molar-refractivity contribution in [3.8, 4) is 5.88 Å². The standard InChI is InChI=1S/C25H30N4O2/c1-2-6-21(23-20-12-9-18(24(26)30)15-22(20)28-25(23)31)27-19-10-7-17(8-11-19)16-29-13-4-3-5-14-29/h7-12,15,28,31H,2-6,13-14,16H2,1H3,(H2,26,30). The largest absolute Gasteiger partial charge is 0.494 e. The molecule has 3 aromatic rings. The van der Waals surface area contributed by atoms with Gasteiger partial charge >= 0.3 is 0 Å². The Morgan fingerprint density at radius 2 is 1.87 bits per heavy atom. The van der Waals surface area contributed by atoms with Crippen LogP contribution in [0, 0.1) is 0 Å². The maximum absolute atomic E-state index is 11.5. The summed E-state index contributed by atoms with van der Waals surface area (Å²) >= 11 is 0. The van der Waals surface area contributed by atoms with Crippen LogP contribution < -0.4 is 5.73 Å². The summed E-state index contributed by atoms with van der Waals surface area (Å²) in [6, 6.07) is 13.5. The van der Waals surface area contributed by atoms with Crippen LogP contribution in [0.5, 0.6) is 5.88 Å². The van der Waals surface area contributed by atoms with Crippen molar-refractivity contribution in [1.29, 1.82) is 0 Å². The van der Waals surface area contributed by atoms with Crippen molar-refractivity contribution >= 4 is 28.2 Å². The van der Waals surface area contributed by atoms with Crippen LogP contribution in [0.2, 0.25) is 0 Å². The van der Waals surface area contributed by atoms with Gasteiger partial charge in [0, 0.05) is 23.0 Å². The molecule has 1 fully saturated rings. The zero-order valence-corrected chi connectivity index (χ0v) is 18.0. The van der Waals surface area contributed by atoms with E-state index in [2.05, 4.69) is 28.9 Å². The number of aromatic nitrogens is 1. The molecule has 6 nitrogen and oxygen atoms in total. The Labute approximate surface area is 182 Å². The Balaban J connectivity index is 1.62. The molecule has 0 bridgehead atoms. The lowest BCUT2D eigenvalue weighted by molar-refractivity contribution is 0.100. The highest BCUT2D eigenvalue weighted by molar-refractivity contribution is 6.14. The predicted octanol–water partition coefficient (Wildman–Crippen LogP) is 4.88. The third kappa shape index (κ3) is 4.80. The number of likely N-dealkylation sites (tertiary alicyclic amines) is 1. The minimum atomic E-state index is -0.496. The zero-order chi connectivity index (χ0) is 21.8. The Bertz CT molecular complexity index is 1090. The minimum absolute atomic E-state index is 0.0607. The first-order valence-electron chi connectivity index (χ1n) is 11.1. The number of hydrogen-bond donors (Lipinski definition) is 3. The van der Waals surface area contributed by atoms with Gasteiger partial charge in [0.25, 0.3) is 0 Å². The molecule has 31 heavy (non-hydrogen) atoms. The lowest BCUT2D eigenvalue weighted by Gasteiger charge is -2.26. The number of nitrogens with one attached hydrogen (secondary N) is 1. The fraction of sp³-hybridized carbons (Fsp3) is 0.360. The van der Waals surface area contributed by atoms with Crippen LogP contribution in [0.15, 0.2) is 47.5 Å². The van der Waals surface area contributed by atoms with Gasteiger partial charge in [-0.1, -0.05) is 38.0 Å². The number of rotatable bonds is 7. The zero-order valence-electron chi connectivity index (χ0n) is 18.0. The molecule has 0 radical (unpaired) electrons. The molecule has 2 heterocycles. The monoisotopic (exact) mass is 418 g/mol. The van der Waals surface area contributed by atoms with Crippen molar-refractivity contribution in [2.45, 2.75) is 45.6 Å². The summed E-state index contributed by atoms with van der Waals surface area (Å²) in [5.74, 6) is -0.435. The first-order valence-corrected chi connectivity index (χ1v) is 11.1. The maximum Gasteiger partial charge on any atom is 0.248 e. The van der Waals surface area contributed by atoms with Gasteiger partial charge in [-0.15, -0.1) is 0 Å². The van der Waals surface area contributed by atoms with E-state index in [4.69, 9.17) is 10.7 Å². The number of aliphatic imine (C=N–C) groups is 1. The van der Waals surface area contributed by atoms with Crippen molar-refractivity contribution in [2.75, 3.05) is 13.1 Å². The topological polar surface area (TPSA) is 94.7 Å². The summed E-state index contributed by atoms with van der Waals surface area (Å²) < 4.78 is 0. The summed E-state index contributed by atoms with van der Waals surface area (Å²) in [6.07, 6.45) is 5.55. The molecule has 1 amide bonds. The summed E-state index contributed by atoms with van der Waals surface area (Å²) in [6.45, 7) is 5.43. The number of fused-ring (bicyclic) bond motifs is 1. The molecule has 1 aromatic heterocycles. The number of aromatic hydroxyl groups is 1. The second-order valence-corrected chi connectivity index (χ2v) is 8.28. The molecular weight excluding hydrogens is 388 g/mol. The smallest absolute Gasteiger partial charge is 0.248 e. The quantitative estimate of drug-likeness (QED) is 0.477. The van der Waals surface area contributed by atoms with Crippen LogP contribution in [-0.2, 0) is 6.54 Å². The maximum atomic E-state index is 11.5. The lowest BCUT2D eigenvalue weighted by atomic mass is 10.0. The number of carbonyl (C=O) groups is 1. The van der Waals surface area contributed by atoms with Gasteiger partial charge in [-0.25, -0.2) is 0 Å². The second kappa shape index (κ2) is 9.35. The third-order valence-corrected chi connectivity index (χ3v) is 5.89. The predicted molar refractivity (Wildman–Crippen MR) is 125 cm³/mol. The molecule has 4 rings (SSSR count). The highest BCUT2D eigenvalue weighted by Crippen LogP contribution is 2.31. The van der Waals surface area contributed by atoms with Crippen molar-refractivity contribution < 1.29 is 9.90 Å². The van der Waals surface area contributed by atoms with Crippen molar-refractivity contribution in [3.05, 3.63) is 59.2 Å². The van der Waals surface area contributed by atoms with Gasteiger partial charge in [0.15, 0.2) is 5.88 Å². The number of aromatic amines is 1. The van der Waals surface area contributed by atoms with E-state index in [0.29, 0.717) is 16.6 Å². The van der Waals surface area contributed by atoms with Gasteiger partial charge in [0.1, 0.15) is 0 Å². The third-order valence-electron chi connectivity index (χ3n) is 5.89. The Morgan fingerprint density at radius 1 is 1.13 bits per heavy atom. The number of hydrogen-bond acceptors (Lipinski definition) is 4. The molecule has 0 atom stereocenters. The van der Waals surface area contributed by atoms with Crippen LogP contribution in [-0.4, -0.2) is 39.7 Å². The molecule has 6 heteroatoms. The molecule has 1 aliphatic rings. The molecule has 162 valence electrons. The molecule has 1 saturated heterocycles. The number of primary amides is 1. The first kappa shape index (κ1) is 21.1. The number of benzene rings is 2. The molecule has 2 aromatic carbocycles. The highest BCUT2D eigenvalue weighted by atomic mass is 16.3. The summed E-state index contributed by atoms with van der Waals surface area (Å²) in [4.78, 5) is 21.8. The number of nitrogens with two attached hydrogens (primary N) is 1. The Morgan fingerprint density at radius 3 is 2.55 bits per heavy atom. The molecular formula is C25H30N4O2. The lowest BCUT2D eigenvalue weighted by Crippen LogP contribution is -2.28. The summed E-state index contributed by atoms with van der Waals surface area (Å²) in [5.41, 5.74) is 10.1. The van der Waals surface area contributed by atoms with Crippen molar-refractivity contribution in [1.82, 2.24) is 9.88 Å². The number of carbonyl (C=O) groups excluding carboxylic acids is 1. The number of piperidine rings is 1. The molecule has 0 unspecified atom stereocenters. The highest BCUT2D eigenvalue weighted by Gasteiger charge is 2.17. The van der Waals surface area contributed by atoms with E-state index in [1.54, 1.807) is 12.1 Å². The van der Waals surface area contributed by atoms with Gasteiger partial charge in [0.2, 0.25) is 5.91 Å². The van der Waals surface area contributed by atoms with Gasteiger partial charge in [-0.3, -0.25) is 14.7 Å². The molecule has 1 aliphatic heterocycles. The normalized spacial score (nSPS) is 15.5. The van der Waals surface area contributed by atoms with Crippen LogP contribution in [0.25, 0.3) is 10.9 Å². The summed E-state index contributed by atoms with van der Waals surface area (Å²) in [7, 11) is 0. The van der Waals surface area contributed by atoms with Crippen LogP contribution in [0.3, 0.4) is 0 Å². The van der Waals surface area contributed by atoms with Gasteiger partial charge < -0.3 is 15.8 Å². The van der Waals surface area contributed by atoms with Gasteiger partial charge in [0.05, 0.1) is 17.0 Å². The van der Waals surface area contributed by atoms with E-state index in [1.807, 2.05) is 18.2 Å². The number of amides is 1. The van der Waals surface area contributed by atoms with E-state index in [-0.39, 0.29) is 5.88 Å². The van der Waals surface area contributed by atoms with Crippen molar-refractivity contribution in [2.24, 2.45) is 10.7 Å².